The van der Waals surface area contributed by atoms with E-state index in [9.17, 15) is 0 Å². The zero-order valence-corrected chi connectivity index (χ0v) is 32.5. The van der Waals surface area contributed by atoms with Crippen molar-refractivity contribution >= 4 is 24.6 Å². The summed E-state index contributed by atoms with van der Waals surface area (Å²) in [5, 5.41) is 5.29. The van der Waals surface area contributed by atoms with Gasteiger partial charge in [-0.1, -0.05) is 143 Å². The molecule has 3 aromatic carbocycles. The van der Waals surface area contributed by atoms with Crippen LogP contribution in [0.15, 0.2) is 145 Å². The lowest BCUT2D eigenvalue weighted by Gasteiger charge is -2.34. The van der Waals surface area contributed by atoms with Gasteiger partial charge in [0.25, 0.3) is 0 Å². The van der Waals surface area contributed by atoms with Gasteiger partial charge in [-0.25, -0.2) is 0 Å². The molecule has 0 saturated heterocycles. The first-order valence-electron chi connectivity index (χ1n) is 18.4. The molecule has 4 aromatic rings. The third-order valence-corrected chi connectivity index (χ3v) is 12.4. The molecule has 260 valence electrons. The second-order valence-electron chi connectivity index (χ2n) is 15.2. The second kappa shape index (κ2) is 16.5. The Bertz CT molecular complexity index is 1840. The third-order valence-electron chi connectivity index (χ3n) is 10.3. The van der Waals surface area contributed by atoms with E-state index in [1.54, 1.807) is 0 Å². The molecule has 2 heterocycles. The van der Waals surface area contributed by atoms with Gasteiger partial charge in [0.15, 0.2) is 12.2 Å². The summed E-state index contributed by atoms with van der Waals surface area (Å²) in [6, 6.07) is 33.4. The predicted molar refractivity (Wildman–Crippen MR) is 220 cm³/mol. The van der Waals surface area contributed by atoms with E-state index >= 15 is 0 Å². The maximum atomic E-state index is 4.77. The molecule has 0 saturated carbocycles. The summed E-state index contributed by atoms with van der Waals surface area (Å²) in [5.41, 5.74) is 11.4. The zero-order valence-electron chi connectivity index (χ0n) is 31.5. The molecule has 50 heavy (non-hydrogen) atoms. The highest BCUT2D eigenvalue weighted by atomic mass is 28.3. The molecule has 1 aliphatic rings. The van der Waals surface area contributed by atoms with Gasteiger partial charge in [-0.3, -0.25) is 0 Å². The van der Waals surface area contributed by atoms with Crippen molar-refractivity contribution in [3.63, 3.8) is 0 Å². The topological polar surface area (TPSA) is 19.1 Å². The number of benzene rings is 3. The van der Waals surface area contributed by atoms with Gasteiger partial charge in [-0.2, -0.15) is 4.57 Å². The van der Waals surface area contributed by atoms with Gasteiger partial charge in [0.1, 0.15) is 0 Å². The van der Waals surface area contributed by atoms with Crippen molar-refractivity contribution in [3.05, 3.63) is 157 Å². The van der Waals surface area contributed by atoms with Crippen molar-refractivity contribution in [1.82, 2.24) is 0 Å². The van der Waals surface area contributed by atoms with Gasteiger partial charge in [0, 0.05) is 42.0 Å². The largest absolute Gasteiger partial charge is 0.380 e. The fourth-order valence-electron chi connectivity index (χ4n) is 7.20. The Morgan fingerprint density at radius 2 is 1.62 bits per heavy atom. The van der Waals surface area contributed by atoms with Crippen LogP contribution in [0.1, 0.15) is 63.1 Å². The minimum Gasteiger partial charge on any atom is -0.380 e. The Balaban J connectivity index is 1.44. The van der Waals surface area contributed by atoms with Crippen molar-refractivity contribution in [2.75, 3.05) is 23.8 Å². The first-order valence-corrected chi connectivity index (χ1v) is 21.9. The quantitative estimate of drug-likeness (QED) is 0.0583. The van der Waals surface area contributed by atoms with E-state index < -0.39 is 8.07 Å². The first kappa shape index (κ1) is 36.9. The molecule has 2 atom stereocenters. The maximum Gasteiger partial charge on any atom is 0.213 e. The van der Waals surface area contributed by atoms with Crippen LogP contribution in [0.2, 0.25) is 19.6 Å². The normalized spacial score (nSPS) is 15.9. The van der Waals surface area contributed by atoms with Gasteiger partial charge < -0.3 is 10.2 Å². The van der Waals surface area contributed by atoms with E-state index in [2.05, 4.69) is 184 Å². The fraction of sp³-hybridized carbons (Fsp3) is 0.326. The molecule has 1 N–H and O–H groups in total. The van der Waals surface area contributed by atoms with Gasteiger partial charge in [-0.15, -0.1) is 0 Å². The number of hydrogen-bond donors (Lipinski definition) is 1. The standard InChI is InChI=1S/C46H58N3Si/c1-10-18-35(4)25-29-42-40-21-14-15-22-41(40)44-30-28-39(50(7,8)9)33-49(44)46(42)31-36(5)48(6)45-24-17-16-23-43(45)47-32-38(34(2)3)27-26-37-19-12-11-13-20-37/h10-24,27-28,30,33-34,42,46-47H,4-5,25-26,29,31-32H2,1-3,6-9H3/q+1/b18-10-,38-27?. The third kappa shape index (κ3) is 8.84. The van der Waals surface area contributed by atoms with Crippen LogP contribution in [0, 0.1) is 5.92 Å². The van der Waals surface area contributed by atoms with E-state index in [0.717, 1.165) is 49.3 Å². The number of aromatic nitrogens is 1. The summed E-state index contributed by atoms with van der Waals surface area (Å²) in [7, 11) is 0.635. The number of nitrogens with zero attached hydrogens (tertiary/aromatic N) is 2. The molecule has 4 heteroatoms. The van der Waals surface area contributed by atoms with Crippen LogP contribution in [-0.2, 0) is 6.42 Å². The molecule has 5 rings (SSSR count). The van der Waals surface area contributed by atoms with E-state index in [4.69, 9.17) is 6.58 Å². The van der Waals surface area contributed by atoms with Crippen molar-refractivity contribution < 1.29 is 4.57 Å². The molecular formula is C46H58N3Si+. The van der Waals surface area contributed by atoms with Crippen LogP contribution in [0.5, 0.6) is 0 Å². The molecule has 3 nitrogen and oxygen atoms in total. The van der Waals surface area contributed by atoms with Crippen LogP contribution >= 0.6 is 0 Å². The van der Waals surface area contributed by atoms with Crippen molar-refractivity contribution in [2.45, 2.75) is 78.1 Å². The van der Waals surface area contributed by atoms with Gasteiger partial charge in [-0.05, 0) is 61.4 Å². The summed E-state index contributed by atoms with van der Waals surface area (Å²) in [5.74, 6) is 0.795. The molecular weight excluding hydrogens is 623 g/mol. The van der Waals surface area contributed by atoms with E-state index in [1.807, 2.05) is 0 Å². The molecule has 0 spiro atoms. The Labute approximate surface area is 303 Å². The molecule has 0 amide bonds. The second-order valence-corrected chi connectivity index (χ2v) is 20.3. The van der Waals surface area contributed by atoms with Gasteiger partial charge in [0.2, 0.25) is 5.69 Å². The molecule has 0 aliphatic carbocycles. The zero-order chi connectivity index (χ0) is 35.8. The van der Waals surface area contributed by atoms with Crippen molar-refractivity contribution in [3.8, 4) is 11.3 Å². The fourth-order valence-corrected chi connectivity index (χ4v) is 8.31. The first-order chi connectivity index (χ1) is 24.0. The number of anilines is 2. The lowest BCUT2D eigenvalue weighted by atomic mass is 9.78. The molecule has 0 fully saturated rings. The van der Waals surface area contributed by atoms with Gasteiger partial charge >= 0.3 is 0 Å². The van der Waals surface area contributed by atoms with Crippen LogP contribution in [0.25, 0.3) is 11.3 Å². The summed E-state index contributed by atoms with van der Waals surface area (Å²) >= 11 is 0. The smallest absolute Gasteiger partial charge is 0.213 e. The Morgan fingerprint density at radius 3 is 2.34 bits per heavy atom. The Hall–Kier alpha value is -4.41. The van der Waals surface area contributed by atoms with Crippen LogP contribution in [0.4, 0.5) is 11.4 Å². The van der Waals surface area contributed by atoms with E-state index in [-0.39, 0.29) is 6.04 Å². The lowest BCUT2D eigenvalue weighted by Crippen LogP contribution is -2.53. The number of fused-ring (bicyclic) bond motifs is 3. The summed E-state index contributed by atoms with van der Waals surface area (Å²) in [4.78, 5) is 2.31. The summed E-state index contributed by atoms with van der Waals surface area (Å²) < 4.78 is 2.61. The predicted octanol–water partition coefficient (Wildman–Crippen LogP) is 11.0. The van der Waals surface area contributed by atoms with Crippen LogP contribution < -0.4 is 20.0 Å². The Kier molecular flexibility index (Phi) is 12.2. The monoisotopic (exact) mass is 680 g/mol. The molecule has 0 bridgehead atoms. The minimum absolute atomic E-state index is 0.234. The maximum absolute atomic E-state index is 4.77. The number of nitrogens with one attached hydrogen (secondary N) is 1. The average Bonchev–Trinajstić information content (AvgIpc) is 3.11. The lowest BCUT2D eigenvalue weighted by molar-refractivity contribution is -0.717. The molecule has 1 aliphatic heterocycles. The highest BCUT2D eigenvalue weighted by Gasteiger charge is 2.41. The van der Waals surface area contributed by atoms with E-state index in [0.29, 0.717) is 11.8 Å². The number of hydrogen-bond acceptors (Lipinski definition) is 2. The molecule has 0 radical (unpaired) electrons. The van der Waals surface area contributed by atoms with Gasteiger partial charge in [0.05, 0.1) is 25.9 Å². The van der Waals surface area contributed by atoms with Crippen molar-refractivity contribution in [2.24, 2.45) is 5.92 Å². The van der Waals surface area contributed by atoms with Crippen LogP contribution in [0.3, 0.4) is 0 Å². The summed E-state index contributed by atoms with van der Waals surface area (Å²) in [6.45, 7) is 23.9. The van der Waals surface area contributed by atoms with Crippen molar-refractivity contribution in [1.29, 1.82) is 0 Å². The highest BCUT2D eigenvalue weighted by molar-refractivity contribution is 6.88. The minimum atomic E-state index is -1.55. The van der Waals surface area contributed by atoms with Crippen LogP contribution in [-0.4, -0.2) is 21.7 Å². The number of pyridine rings is 1. The average molecular weight is 681 g/mol. The summed E-state index contributed by atoms with van der Waals surface area (Å²) in [6.07, 6.45) is 12.9. The SMILES string of the molecule is C=C(/C=C\C)CCC1c2ccccc2-c2ccc([Si](C)(C)C)c[n+]2C1CC(=C)N(C)c1ccccc1NCC(=CCc1ccccc1)C(C)C. The Morgan fingerprint density at radius 1 is 0.920 bits per heavy atom. The number of allylic oxidation sites excluding steroid dienone is 5. The van der Waals surface area contributed by atoms with E-state index in [1.165, 1.54) is 38.7 Å². The highest BCUT2D eigenvalue weighted by Crippen LogP contribution is 2.44. The number of rotatable bonds is 15. The number of para-hydroxylation sites is 2. The molecule has 2 unspecified atom stereocenters. The molecule has 1 aromatic heterocycles.